The lowest BCUT2D eigenvalue weighted by Gasteiger charge is -2.12. The summed E-state index contributed by atoms with van der Waals surface area (Å²) >= 11 is 0.890. The molecule has 1 saturated heterocycles. The van der Waals surface area contributed by atoms with Crippen LogP contribution in [0.15, 0.2) is 71.6 Å². The number of imide groups is 1. The Morgan fingerprint density at radius 1 is 0.914 bits per heavy atom. The summed E-state index contributed by atoms with van der Waals surface area (Å²) in [4.78, 5) is 39.4. The third kappa shape index (κ3) is 5.55. The van der Waals surface area contributed by atoms with Crippen LogP contribution in [0.2, 0.25) is 0 Å². The summed E-state index contributed by atoms with van der Waals surface area (Å²) in [6.45, 7) is 2.19. The molecule has 2 amide bonds. The molecule has 4 rings (SSSR count). The van der Waals surface area contributed by atoms with E-state index in [0.29, 0.717) is 27.5 Å². The molecule has 0 saturated carbocycles. The minimum absolute atomic E-state index is 0.214. The van der Waals surface area contributed by atoms with Crippen molar-refractivity contribution < 1.29 is 28.6 Å². The van der Waals surface area contributed by atoms with Gasteiger partial charge in [-0.3, -0.25) is 14.5 Å². The van der Waals surface area contributed by atoms with E-state index in [1.807, 2.05) is 31.2 Å². The van der Waals surface area contributed by atoms with Gasteiger partial charge in [0.05, 0.1) is 31.2 Å². The first-order valence-electron chi connectivity index (χ1n) is 10.7. The van der Waals surface area contributed by atoms with Crippen LogP contribution in [0.4, 0.5) is 4.79 Å². The maximum atomic E-state index is 12.9. The zero-order valence-corrected chi connectivity index (χ0v) is 20.3. The molecule has 0 spiro atoms. The van der Waals surface area contributed by atoms with Gasteiger partial charge in [-0.15, -0.1) is 0 Å². The van der Waals surface area contributed by atoms with Crippen LogP contribution in [-0.4, -0.2) is 36.2 Å². The third-order valence-corrected chi connectivity index (χ3v) is 6.26. The van der Waals surface area contributed by atoms with Crippen LogP contribution < -0.4 is 14.2 Å². The second-order valence-corrected chi connectivity index (χ2v) is 8.77. The Kier molecular flexibility index (Phi) is 7.22. The fourth-order valence-corrected chi connectivity index (χ4v) is 4.25. The van der Waals surface area contributed by atoms with Crippen LogP contribution in [0.3, 0.4) is 0 Å². The Labute approximate surface area is 207 Å². The van der Waals surface area contributed by atoms with E-state index in [0.717, 1.165) is 22.9 Å². The van der Waals surface area contributed by atoms with Crippen LogP contribution in [0, 0.1) is 6.92 Å². The lowest BCUT2D eigenvalue weighted by atomic mass is 10.1. The predicted molar refractivity (Wildman–Crippen MR) is 134 cm³/mol. The van der Waals surface area contributed by atoms with Crippen molar-refractivity contribution in [1.29, 1.82) is 0 Å². The number of hydrogen-bond acceptors (Lipinski definition) is 7. The Balaban J connectivity index is 1.49. The molecule has 1 aliphatic heterocycles. The number of esters is 1. The Morgan fingerprint density at radius 3 is 2.29 bits per heavy atom. The van der Waals surface area contributed by atoms with Gasteiger partial charge in [-0.05, 0) is 72.3 Å². The first kappa shape index (κ1) is 24.1. The van der Waals surface area contributed by atoms with Crippen molar-refractivity contribution in [2.24, 2.45) is 0 Å². The average molecular weight is 490 g/mol. The molecule has 0 atom stereocenters. The van der Waals surface area contributed by atoms with Crippen molar-refractivity contribution in [2.75, 3.05) is 14.2 Å². The Morgan fingerprint density at radius 2 is 1.63 bits per heavy atom. The maximum absolute atomic E-state index is 12.9. The number of amides is 2. The third-order valence-electron chi connectivity index (χ3n) is 5.35. The van der Waals surface area contributed by atoms with Crippen LogP contribution in [0.5, 0.6) is 17.2 Å². The molecule has 35 heavy (non-hydrogen) atoms. The molecular weight excluding hydrogens is 466 g/mol. The van der Waals surface area contributed by atoms with E-state index in [4.69, 9.17) is 14.2 Å². The second-order valence-electron chi connectivity index (χ2n) is 7.78. The molecule has 1 aliphatic rings. The van der Waals surface area contributed by atoms with Crippen molar-refractivity contribution in [3.63, 3.8) is 0 Å². The highest BCUT2D eigenvalue weighted by Gasteiger charge is 2.35. The van der Waals surface area contributed by atoms with E-state index < -0.39 is 5.97 Å². The molecule has 3 aromatic rings. The number of nitrogens with zero attached hydrogens (tertiary/aromatic N) is 1. The summed E-state index contributed by atoms with van der Waals surface area (Å²) in [6, 6.07) is 19.2. The molecule has 8 heteroatoms. The molecule has 0 N–H and O–H groups in total. The maximum Gasteiger partial charge on any atom is 0.343 e. The number of aryl methyl sites for hydroxylation is 1. The number of thioether (sulfide) groups is 1. The normalized spacial score (nSPS) is 14.4. The molecule has 0 aliphatic carbocycles. The van der Waals surface area contributed by atoms with Crippen LogP contribution in [0.25, 0.3) is 6.08 Å². The molecule has 0 radical (unpaired) electrons. The summed E-state index contributed by atoms with van der Waals surface area (Å²) < 4.78 is 16.0. The van der Waals surface area contributed by atoms with Gasteiger partial charge < -0.3 is 14.2 Å². The van der Waals surface area contributed by atoms with Gasteiger partial charge in [0.1, 0.15) is 5.75 Å². The van der Waals surface area contributed by atoms with E-state index in [9.17, 15) is 14.4 Å². The summed E-state index contributed by atoms with van der Waals surface area (Å²) in [5, 5.41) is -0.321. The molecule has 7 nitrogen and oxygen atoms in total. The van der Waals surface area contributed by atoms with E-state index in [2.05, 4.69) is 0 Å². The van der Waals surface area contributed by atoms with Crippen molar-refractivity contribution in [3.05, 3.63) is 93.9 Å². The number of hydrogen-bond donors (Lipinski definition) is 0. The van der Waals surface area contributed by atoms with E-state index >= 15 is 0 Å². The quantitative estimate of drug-likeness (QED) is 0.247. The highest BCUT2D eigenvalue weighted by atomic mass is 32.2. The van der Waals surface area contributed by atoms with E-state index in [1.165, 1.54) is 12.0 Å². The average Bonchev–Trinajstić information content (AvgIpc) is 3.13. The molecule has 1 fully saturated rings. The van der Waals surface area contributed by atoms with Crippen LogP contribution in [0.1, 0.15) is 27.0 Å². The van der Waals surface area contributed by atoms with Crippen molar-refractivity contribution in [2.45, 2.75) is 13.5 Å². The molecule has 0 aromatic heterocycles. The van der Waals surface area contributed by atoms with Crippen molar-refractivity contribution in [1.82, 2.24) is 4.90 Å². The Bertz CT molecular complexity index is 1300. The van der Waals surface area contributed by atoms with Gasteiger partial charge in [0.15, 0.2) is 11.5 Å². The number of methoxy groups -OCH3 is 2. The molecule has 0 unspecified atom stereocenters. The highest BCUT2D eigenvalue weighted by molar-refractivity contribution is 8.18. The van der Waals surface area contributed by atoms with Gasteiger partial charge >= 0.3 is 5.97 Å². The molecule has 0 bridgehead atoms. The molecule has 3 aromatic carbocycles. The minimum atomic E-state index is -0.545. The second kappa shape index (κ2) is 10.5. The first-order valence-corrected chi connectivity index (χ1v) is 11.5. The number of ether oxygens (including phenoxy) is 3. The predicted octanol–water partition coefficient (Wildman–Crippen LogP) is 5.47. The van der Waals surface area contributed by atoms with Crippen LogP contribution in [-0.2, 0) is 11.3 Å². The van der Waals surface area contributed by atoms with Gasteiger partial charge in [0.25, 0.3) is 11.1 Å². The van der Waals surface area contributed by atoms with E-state index in [-0.39, 0.29) is 23.4 Å². The number of benzene rings is 3. The highest BCUT2D eigenvalue weighted by Crippen LogP contribution is 2.35. The lowest BCUT2D eigenvalue weighted by molar-refractivity contribution is -0.123. The van der Waals surface area contributed by atoms with Crippen LogP contribution >= 0.6 is 11.8 Å². The first-order chi connectivity index (χ1) is 16.9. The fraction of sp³-hybridized carbons (Fsp3) is 0.148. The number of carbonyl (C=O) groups excluding carboxylic acids is 3. The number of carbonyl (C=O) groups is 3. The van der Waals surface area contributed by atoms with Gasteiger partial charge in [-0.2, -0.15) is 0 Å². The SMILES string of the molecule is COc1ccc(C(=O)Oc2ccc(/C=C3\SC(=O)N(Cc4ccc(C)cc4)C3=O)cc2OC)cc1. The monoisotopic (exact) mass is 489 g/mol. The zero-order valence-electron chi connectivity index (χ0n) is 19.4. The largest absolute Gasteiger partial charge is 0.497 e. The van der Waals surface area contributed by atoms with Gasteiger partial charge in [0.2, 0.25) is 0 Å². The fourth-order valence-electron chi connectivity index (χ4n) is 3.41. The van der Waals surface area contributed by atoms with Gasteiger partial charge in [-0.1, -0.05) is 35.9 Å². The van der Waals surface area contributed by atoms with Crippen molar-refractivity contribution in [3.8, 4) is 17.2 Å². The summed E-state index contributed by atoms with van der Waals surface area (Å²) in [5.41, 5.74) is 2.98. The summed E-state index contributed by atoms with van der Waals surface area (Å²) in [7, 11) is 3.00. The summed E-state index contributed by atoms with van der Waals surface area (Å²) in [6.07, 6.45) is 1.62. The number of rotatable bonds is 7. The topological polar surface area (TPSA) is 82.1 Å². The molecule has 178 valence electrons. The van der Waals surface area contributed by atoms with E-state index in [1.54, 1.807) is 55.7 Å². The minimum Gasteiger partial charge on any atom is -0.497 e. The smallest absolute Gasteiger partial charge is 0.343 e. The standard InChI is InChI=1S/C27H23NO6S/c1-17-4-6-18(7-5-17)16-28-25(29)24(35-27(28)31)15-19-8-13-22(23(14-19)33-3)34-26(30)20-9-11-21(32-2)12-10-20/h4-15H,16H2,1-3H3/b24-15-. The van der Waals surface area contributed by atoms with Gasteiger partial charge in [0, 0.05) is 0 Å². The zero-order chi connectivity index (χ0) is 24.9. The van der Waals surface area contributed by atoms with Crippen molar-refractivity contribution >= 4 is 35.0 Å². The molecule has 1 heterocycles. The lowest BCUT2D eigenvalue weighted by Crippen LogP contribution is -2.27. The molecular formula is C27H23NO6S. The van der Waals surface area contributed by atoms with Gasteiger partial charge in [-0.25, -0.2) is 4.79 Å². The Hall–Kier alpha value is -4.04. The summed E-state index contributed by atoms with van der Waals surface area (Å²) in [5.74, 6) is 0.287.